The van der Waals surface area contributed by atoms with Gasteiger partial charge in [0, 0.05) is 30.8 Å². The van der Waals surface area contributed by atoms with Gasteiger partial charge in [-0.1, -0.05) is 12.1 Å². The summed E-state index contributed by atoms with van der Waals surface area (Å²) in [5, 5.41) is 2.84. The number of amides is 2. The van der Waals surface area contributed by atoms with Crippen molar-refractivity contribution in [3.63, 3.8) is 0 Å². The van der Waals surface area contributed by atoms with E-state index in [0.717, 1.165) is 24.2 Å². The number of carbonyl (C=O) groups is 3. The monoisotopic (exact) mass is 352 g/mol. The number of esters is 1. The largest absolute Gasteiger partial charge is 0.465 e. The lowest BCUT2D eigenvalue weighted by Crippen LogP contribution is -2.24. The van der Waals surface area contributed by atoms with E-state index in [1.165, 1.54) is 7.11 Å². The first kappa shape index (κ1) is 17.7. The Morgan fingerprint density at radius 2 is 1.69 bits per heavy atom. The fourth-order valence-electron chi connectivity index (χ4n) is 2.87. The molecule has 2 aromatic rings. The molecule has 2 amide bonds. The predicted octanol–water partition coefficient (Wildman–Crippen LogP) is 2.53. The third-order valence-corrected chi connectivity index (χ3v) is 4.34. The lowest BCUT2D eigenvalue weighted by atomic mass is 10.1. The Morgan fingerprint density at radius 1 is 1.04 bits per heavy atom. The van der Waals surface area contributed by atoms with Gasteiger partial charge in [-0.15, -0.1) is 0 Å². The van der Waals surface area contributed by atoms with Crippen molar-refractivity contribution < 1.29 is 19.1 Å². The van der Waals surface area contributed by atoms with Crippen LogP contribution in [-0.4, -0.2) is 31.4 Å². The van der Waals surface area contributed by atoms with Crippen LogP contribution in [0.4, 0.5) is 5.69 Å². The van der Waals surface area contributed by atoms with Crippen LogP contribution in [0.15, 0.2) is 48.5 Å². The van der Waals surface area contributed by atoms with Gasteiger partial charge in [0.2, 0.25) is 5.91 Å². The van der Waals surface area contributed by atoms with E-state index in [1.807, 2.05) is 24.3 Å². The first-order chi connectivity index (χ1) is 12.6. The van der Waals surface area contributed by atoms with Gasteiger partial charge in [-0.25, -0.2) is 4.79 Å². The van der Waals surface area contributed by atoms with Gasteiger partial charge >= 0.3 is 5.97 Å². The SMILES string of the molecule is COC(=O)c1ccc(C(=O)NCc2ccc(N3CCCC3=O)cc2)cc1. The second kappa shape index (κ2) is 7.82. The van der Waals surface area contributed by atoms with Crippen LogP contribution in [0.25, 0.3) is 0 Å². The van der Waals surface area contributed by atoms with E-state index >= 15 is 0 Å². The first-order valence-electron chi connectivity index (χ1n) is 8.44. The first-order valence-corrected chi connectivity index (χ1v) is 8.44. The highest BCUT2D eigenvalue weighted by Crippen LogP contribution is 2.21. The number of nitrogens with zero attached hydrogens (tertiary/aromatic N) is 1. The molecule has 6 heteroatoms. The molecule has 1 heterocycles. The Morgan fingerprint density at radius 3 is 2.27 bits per heavy atom. The Kier molecular flexibility index (Phi) is 5.31. The summed E-state index contributed by atoms with van der Waals surface area (Å²) in [6, 6.07) is 13.9. The number of nitrogens with one attached hydrogen (secondary N) is 1. The van der Waals surface area contributed by atoms with Crippen LogP contribution in [0.2, 0.25) is 0 Å². The fraction of sp³-hybridized carbons (Fsp3) is 0.250. The van der Waals surface area contributed by atoms with Crippen molar-refractivity contribution in [1.29, 1.82) is 0 Å². The van der Waals surface area contributed by atoms with E-state index in [2.05, 4.69) is 10.1 Å². The molecule has 0 radical (unpaired) electrons. The molecule has 0 unspecified atom stereocenters. The molecule has 6 nitrogen and oxygen atoms in total. The van der Waals surface area contributed by atoms with Crippen LogP contribution in [0, 0.1) is 0 Å². The maximum atomic E-state index is 12.2. The highest BCUT2D eigenvalue weighted by atomic mass is 16.5. The molecule has 134 valence electrons. The maximum Gasteiger partial charge on any atom is 0.337 e. The zero-order chi connectivity index (χ0) is 18.5. The molecule has 0 spiro atoms. The third-order valence-electron chi connectivity index (χ3n) is 4.34. The highest BCUT2D eigenvalue weighted by Gasteiger charge is 2.21. The molecule has 0 saturated carbocycles. The van der Waals surface area contributed by atoms with Gasteiger partial charge in [-0.2, -0.15) is 0 Å². The molecular weight excluding hydrogens is 332 g/mol. The van der Waals surface area contributed by atoms with Gasteiger partial charge < -0.3 is 15.0 Å². The molecule has 1 aliphatic heterocycles. The summed E-state index contributed by atoms with van der Waals surface area (Å²) in [6.45, 7) is 1.14. The molecule has 2 aromatic carbocycles. The van der Waals surface area contributed by atoms with E-state index in [-0.39, 0.29) is 11.8 Å². The summed E-state index contributed by atoms with van der Waals surface area (Å²) < 4.78 is 4.63. The van der Waals surface area contributed by atoms with Crippen LogP contribution < -0.4 is 10.2 Å². The number of hydrogen-bond donors (Lipinski definition) is 1. The zero-order valence-electron chi connectivity index (χ0n) is 14.5. The Labute approximate surface area is 151 Å². The minimum Gasteiger partial charge on any atom is -0.465 e. The van der Waals surface area contributed by atoms with E-state index in [9.17, 15) is 14.4 Å². The van der Waals surface area contributed by atoms with E-state index in [0.29, 0.717) is 24.1 Å². The Balaban J connectivity index is 1.57. The van der Waals surface area contributed by atoms with E-state index in [1.54, 1.807) is 29.2 Å². The topological polar surface area (TPSA) is 75.7 Å². The minimum absolute atomic E-state index is 0.154. The number of hydrogen-bond acceptors (Lipinski definition) is 4. The number of methoxy groups -OCH3 is 1. The molecule has 26 heavy (non-hydrogen) atoms. The van der Waals surface area contributed by atoms with Crippen LogP contribution in [0.3, 0.4) is 0 Å². The predicted molar refractivity (Wildman–Crippen MR) is 97.0 cm³/mol. The molecule has 0 aromatic heterocycles. The average molecular weight is 352 g/mol. The molecule has 0 bridgehead atoms. The lowest BCUT2D eigenvalue weighted by Gasteiger charge is -2.16. The zero-order valence-corrected chi connectivity index (χ0v) is 14.5. The van der Waals surface area contributed by atoms with Crippen LogP contribution in [0.1, 0.15) is 39.1 Å². The number of carbonyl (C=O) groups excluding carboxylic acids is 3. The van der Waals surface area contributed by atoms with Crippen molar-refractivity contribution in [2.75, 3.05) is 18.6 Å². The standard InChI is InChI=1S/C20H20N2O4/c1-26-20(25)16-8-6-15(7-9-16)19(24)21-13-14-4-10-17(11-5-14)22-12-2-3-18(22)23/h4-11H,2-3,12-13H2,1H3,(H,21,24). The summed E-state index contributed by atoms with van der Waals surface area (Å²) >= 11 is 0. The summed E-state index contributed by atoms with van der Waals surface area (Å²) in [4.78, 5) is 37.1. The van der Waals surface area contributed by atoms with Crippen LogP contribution in [-0.2, 0) is 16.1 Å². The minimum atomic E-state index is -0.437. The second-order valence-corrected chi connectivity index (χ2v) is 6.07. The van der Waals surface area contributed by atoms with Crippen molar-refractivity contribution in [3.05, 3.63) is 65.2 Å². The van der Waals surface area contributed by atoms with Crippen molar-refractivity contribution >= 4 is 23.5 Å². The molecule has 3 rings (SSSR count). The maximum absolute atomic E-state index is 12.2. The third kappa shape index (κ3) is 3.91. The van der Waals surface area contributed by atoms with Gasteiger partial charge in [0.05, 0.1) is 12.7 Å². The van der Waals surface area contributed by atoms with Crippen LogP contribution in [0.5, 0.6) is 0 Å². The van der Waals surface area contributed by atoms with Gasteiger partial charge in [0.1, 0.15) is 0 Å². The molecule has 1 aliphatic rings. The van der Waals surface area contributed by atoms with E-state index in [4.69, 9.17) is 0 Å². The van der Waals surface area contributed by atoms with E-state index < -0.39 is 5.97 Å². The van der Waals surface area contributed by atoms with Gasteiger partial charge in [-0.3, -0.25) is 9.59 Å². The summed E-state index contributed by atoms with van der Waals surface area (Å²) in [7, 11) is 1.31. The normalized spacial score (nSPS) is 13.6. The Bertz CT molecular complexity index is 813. The average Bonchev–Trinajstić information content (AvgIpc) is 3.12. The van der Waals surface area contributed by atoms with Crippen molar-refractivity contribution in [1.82, 2.24) is 5.32 Å². The summed E-state index contributed by atoms with van der Waals surface area (Å²) in [5.74, 6) is -0.504. The molecule has 1 saturated heterocycles. The van der Waals surface area contributed by atoms with Crippen molar-refractivity contribution in [3.8, 4) is 0 Å². The lowest BCUT2D eigenvalue weighted by molar-refractivity contribution is -0.117. The fourth-order valence-corrected chi connectivity index (χ4v) is 2.87. The number of benzene rings is 2. The smallest absolute Gasteiger partial charge is 0.337 e. The van der Waals surface area contributed by atoms with Gasteiger partial charge in [0.25, 0.3) is 5.91 Å². The molecule has 0 aliphatic carbocycles. The highest BCUT2D eigenvalue weighted by molar-refractivity contribution is 5.96. The quantitative estimate of drug-likeness (QED) is 0.839. The number of ether oxygens (including phenoxy) is 1. The second-order valence-electron chi connectivity index (χ2n) is 6.07. The van der Waals surface area contributed by atoms with Crippen LogP contribution >= 0.6 is 0 Å². The molecular formula is C20H20N2O4. The van der Waals surface area contributed by atoms with Crippen molar-refractivity contribution in [2.24, 2.45) is 0 Å². The number of rotatable bonds is 5. The van der Waals surface area contributed by atoms with Gasteiger partial charge in [0.15, 0.2) is 0 Å². The van der Waals surface area contributed by atoms with Crippen molar-refractivity contribution in [2.45, 2.75) is 19.4 Å². The Hall–Kier alpha value is -3.15. The molecule has 1 N–H and O–H groups in total. The van der Waals surface area contributed by atoms with Gasteiger partial charge in [-0.05, 0) is 48.4 Å². The summed E-state index contributed by atoms with van der Waals surface area (Å²) in [5.41, 5.74) is 2.70. The molecule has 1 fully saturated rings. The molecule has 0 atom stereocenters. The summed E-state index contributed by atoms with van der Waals surface area (Å²) in [6.07, 6.45) is 1.50. The number of anilines is 1.